The van der Waals surface area contributed by atoms with Crippen molar-refractivity contribution >= 4 is 22.3 Å². The third-order valence-electron chi connectivity index (χ3n) is 2.60. The predicted octanol–water partition coefficient (Wildman–Crippen LogP) is 0.146. The van der Waals surface area contributed by atoms with Crippen LogP contribution in [0.25, 0.3) is 4.96 Å². The standard InChI is InChI=1S/C11H14N4O3S/c1-14(4-3-10(17)18-2)6-8-5-9(16)15-11(13-8)19-7-12-15/h5,7H,3-4,6H2,1-2H3. The summed E-state index contributed by atoms with van der Waals surface area (Å²) < 4.78 is 5.84. The van der Waals surface area contributed by atoms with Crippen molar-refractivity contribution in [3.63, 3.8) is 0 Å². The highest BCUT2D eigenvalue weighted by molar-refractivity contribution is 7.14. The third kappa shape index (κ3) is 3.36. The fraction of sp³-hybridized carbons (Fsp3) is 0.455. The summed E-state index contributed by atoms with van der Waals surface area (Å²) in [5, 5.41) is 3.89. The molecule has 7 nitrogen and oxygen atoms in total. The number of nitrogens with zero attached hydrogens (tertiary/aromatic N) is 4. The van der Waals surface area contributed by atoms with Crippen LogP contribution in [0.4, 0.5) is 0 Å². The third-order valence-corrected chi connectivity index (χ3v) is 3.27. The van der Waals surface area contributed by atoms with Crippen molar-refractivity contribution in [2.75, 3.05) is 20.7 Å². The van der Waals surface area contributed by atoms with Gasteiger partial charge >= 0.3 is 5.97 Å². The van der Waals surface area contributed by atoms with Gasteiger partial charge in [-0.15, -0.1) is 0 Å². The maximum absolute atomic E-state index is 11.7. The molecule has 0 unspecified atom stereocenters. The summed E-state index contributed by atoms with van der Waals surface area (Å²) in [5.74, 6) is -0.252. The molecule has 0 atom stereocenters. The molecule has 0 radical (unpaired) electrons. The van der Waals surface area contributed by atoms with Gasteiger partial charge in [0.1, 0.15) is 5.51 Å². The SMILES string of the molecule is COC(=O)CCN(C)Cc1cc(=O)n2ncsc2n1. The summed E-state index contributed by atoms with van der Waals surface area (Å²) in [6.07, 6.45) is 0.314. The average molecular weight is 282 g/mol. The van der Waals surface area contributed by atoms with E-state index in [0.717, 1.165) is 0 Å². The molecule has 2 aromatic heterocycles. The molecule has 0 bridgehead atoms. The number of hydrogen-bond acceptors (Lipinski definition) is 7. The smallest absolute Gasteiger partial charge is 0.306 e. The molecule has 0 N–H and O–H groups in total. The number of hydrogen-bond donors (Lipinski definition) is 0. The highest BCUT2D eigenvalue weighted by atomic mass is 32.1. The summed E-state index contributed by atoms with van der Waals surface area (Å²) in [4.78, 5) is 29.6. The van der Waals surface area contributed by atoms with Gasteiger partial charge in [0.25, 0.3) is 5.56 Å². The van der Waals surface area contributed by atoms with E-state index >= 15 is 0 Å². The number of ether oxygens (including phenoxy) is 1. The quantitative estimate of drug-likeness (QED) is 0.726. The Morgan fingerprint density at radius 2 is 2.37 bits per heavy atom. The van der Waals surface area contributed by atoms with E-state index in [1.165, 1.54) is 29.0 Å². The largest absolute Gasteiger partial charge is 0.469 e. The minimum atomic E-state index is -0.252. The Morgan fingerprint density at radius 1 is 1.58 bits per heavy atom. The molecule has 0 spiro atoms. The van der Waals surface area contributed by atoms with Gasteiger partial charge in [-0.05, 0) is 7.05 Å². The predicted molar refractivity (Wildman–Crippen MR) is 70.1 cm³/mol. The molecule has 0 saturated heterocycles. The number of carbonyl (C=O) groups excluding carboxylic acids is 1. The maximum atomic E-state index is 11.7. The Bertz CT molecular complexity index is 636. The Balaban J connectivity index is 2.04. The van der Waals surface area contributed by atoms with Gasteiger partial charge in [0.05, 0.1) is 19.2 Å². The van der Waals surface area contributed by atoms with Crippen LogP contribution in [0, 0.1) is 0 Å². The Kier molecular flexibility index (Phi) is 4.23. The lowest BCUT2D eigenvalue weighted by Gasteiger charge is -2.14. The lowest BCUT2D eigenvalue weighted by atomic mass is 10.3. The van der Waals surface area contributed by atoms with E-state index in [-0.39, 0.29) is 11.5 Å². The van der Waals surface area contributed by atoms with E-state index in [4.69, 9.17) is 0 Å². The number of carbonyl (C=O) groups is 1. The first-order valence-electron chi connectivity index (χ1n) is 5.68. The first-order chi connectivity index (χ1) is 9.10. The molecule has 2 heterocycles. The Hall–Kier alpha value is -1.80. The second kappa shape index (κ2) is 5.89. The molecule has 2 aromatic rings. The van der Waals surface area contributed by atoms with Gasteiger partial charge in [-0.2, -0.15) is 9.61 Å². The van der Waals surface area contributed by atoms with Crippen LogP contribution >= 0.6 is 11.3 Å². The highest BCUT2D eigenvalue weighted by Gasteiger charge is 2.08. The van der Waals surface area contributed by atoms with Crippen molar-refractivity contribution in [2.45, 2.75) is 13.0 Å². The topological polar surface area (TPSA) is 76.8 Å². The molecule has 0 aliphatic carbocycles. The van der Waals surface area contributed by atoms with Gasteiger partial charge in [-0.1, -0.05) is 11.3 Å². The highest BCUT2D eigenvalue weighted by Crippen LogP contribution is 2.05. The van der Waals surface area contributed by atoms with Gasteiger partial charge in [0.15, 0.2) is 0 Å². The number of methoxy groups -OCH3 is 1. The second-order valence-corrected chi connectivity index (χ2v) is 4.89. The van der Waals surface area contributed by atoms with Crippen LogP contribution < -0.4 is 5.56 Å². The summed E-state index contributed by atoms with van der Waals surface area (Å²) in [7, 11) is 3.22. The molecule has 8 heteroatoms. The number of aromatic nitrogens is 3. The lowest BCUT2D eigenvalue weighted by Crippen LogP contribution is -2.24. The average Bonchev–Trinajstić information content (AvgIpc) is 2.84. The van der Waals surface area contributed by atoms with E-state index in [9.17, 15) is 9.59 Å². The Labute approximate surface area is 113 Å². The molecule has 0 fully saturated rings. The lowest BCUT2D eigenvalue weighted by molar-refractivity contribution is -0.140. The fourth-order valence-electron chi connectivity index (χ4n) is 1.62. The van der Waals surface area contributed by atoms with Crippen molar-refractivity contribution in [2.24, 2.45) is 0 Å². The zero-order valence-electron chi connectivity index (χ0n) is 10.7. The van der Waals surface area contributed by atoms with Crippen LogP contribution in [0.3, 0.4) is 0 Å². The zero-order valence-corrected chi connectivity index (χ0v) is 11.5. The molecular formula is C11H14N4O3S. The van der Waals surface area contributed by atoms with Crippen LogP contribution in [0.15, 0.2) is 16.4 Å². The second-order valence-electron chi connectivity index (χ2n) is 4.08. The van der Waals surface area contributed by atoms with Gasteiger partial charge in [-0.3, -0.25) is 14.5 Å². The molecule has 19 heavy (non-hydrogen) atoms. The van der Waals surface area contributed by atoms with Crippen molar-refractivity contribution in [1.82, 2.24) is 19.5 Å². The van der Waals surface area contributed by atoms with Crippen LogP contribution in [0.2, 0.25) is 0 Å². The molecule has 0 amide bonds. The number of rotatable bonds is 5. The van der Waals surface area contributed by atoms with Crippen molar-refractivity contribution in [3.8, 4) is 0 Å². The number of fused-ring (bicyclic) bond motifs is 1. The fourth-order valence-corrected chi connectivity index (χ4v) is 2.26. The molecule has 2 rings (SSSR count). The van der Waals surface area contributed by atoms with Crippen molar-refractivity contribution in [1.29, 1.82) is 0 Å². The maximum Gasteiger partial charge on any atom is 0.306 e. The normalized spacial score (nSPS) is 11.1. The first kappa shape index (κ1) is 13.6. The van der Waals surface area contributed by atoms with Gasteiger partial charge in [0, 0.05) is 19.2 Å². The number of esters is 1. The molecule has 0 aliphatic heterocycles. The minimum Gasteiger partial charge on any atom is -0.469 e. The monoisotopic (exact) mass is 282 g/mol. The summed E-state index contributed by atoms with van der Waals surface area (Å²) in [5.41, 5.74) is 2.05. The Morgan fingerprint density at radius 3 is 3.11 bits per heavy atom. The minimum absolute atomic E-state index is 0.192. The summed E-state index contributed by atoms with van der Waals surface area (Å²) >= 11 is 1.31. The van der Waals surface area contributed by atoms with Crippen LogP contribution in [0.5, 0.6) is 0 Å². The van der Waals surface area contributed by atoms with Crippen LogP contribution in [-0.2, 0) is 16.1 Å². The van der Waals surface area contributed by atoms with Gasteiger partial charge < -0.3 is 4.74 Å². The summed E-state index contributed by atoms with van der Waals surface area (Å²) in [6.45, 7) is 1.05. The molecule has 102 valence electrons. The van der Waals surface area contributed by atoms with Gasteiger partial charge in [-0.25, -0.2) is 4.98 Å². The first-order valence-corrected chi connectivity index (χ1v) is 6.56. The van der Waals surface area contributed by atoms with E-state index < -0.39 is 0 Å². The van der Waals surface area contributed by atoms with Crippen LogP contribution in [-0.4, -0.2) is 46.2 Å². The van der Waals surface area contributed by atoms with E-state index in [0.29, 0.717) is 30.2 Å². The van der Waals surface area contributed by atoms with E-state index in [2.05, 4.69) is 14.8 Å². The summed E-state index contributed by atoms with van der Waals surface area (Å²) in [6, 6.07) is 1.46. The van der Waals surface area contributed by atoms with Gasteiger partial charge in [0.2, 0.25) is 4.96 Å². The van der Waals surface area contributed by atoms with E-state index in [1.807, 2.05) is 11.9 Å². The molecule has 0 aromatic carbocycles. The van der Waals surface area contributed by atoms with E-state index in [1.54, 1.807) is 5.51 Å². The molecule has 0 saturated carbocycles. The van der Waals surface area contributed by atoms with Crippen molar-refractivity contribution in [3.05, 3.63) is 27.6 Å². The van der Waals surface area contributed by atoms with Crippen LogP contribution in [0.1, 0.15) is 12.1 Å². The zero-order chi connectivity index (χ0) is 13.8. The molecule has 0 aliphatic rings. The van der Waals surface area contributed by atoms with Crippen molar-refractivity contribution < 1.29 is 9.53 Å². The molecular weight excluding hydrogens is 268 g/mol.